The first-order valence-corrected chi connectivity index (χ1v) is 7.38. The zero-order valence-corrected chi connectivity index (χ0v) is 12.0. The average molecular weight is 295 g/mol. The first-order chi connectivity index (χ1) is 10.3. The highest BCUT2D eigenvalue weighted by molar-refractivity contribution is 7.10. The van der Waals surface area contributed by atoms with Gasteiger partial charge in [0.05, 0.1) is 12.2 Å². The molecule has 0 unspecified atom stereocenters. The van der Waals surface area contributed by atoms with Crippen LogP contribution in [0.25, 0.3) is 0 Å². The maximum absolute atomic E-state index is 12.3. The number of hydrogen-bond donors (Lipinski definition) is 1. The van der Waals surface area contributed by atoms with Crippen LogP contribution in [0.2, 0.25) is 0 Å². The topological polar surface area (TPSA) is 54.9 Å². The van der Waals surface area contributed by atoms with Gasteiger partial charge in [0.1, 0.15) is 5.69 Å². The molecule has 2 heterocycles. The predicted octanol–water partition coefficient (Wildman–Crippen LogP) is 3.06. The summed E-state index contributed by atoms with van der Waals surface area (Å²) < 4.78 is 0. The van der Waals surface area contributed by atoms with Gasteiger partial charge in [0, 0.05) is 17.3 Å². The number of benzene rings is 1. The van der Waals surface area contributed by atoms with Crippen molar-refractivity contribution in [3.63, 3.8) is 0 Å². The van der Waals surface area contributed by atoms with Crippen LogP contribution < -0.4 is 5.32 Å². The lowest BCUT2D eigenvalue weighted by Crippen LogP contribution is -2.29. The number of amides is 1. The first-order valence-electron chi connectivity index (χ1n) is 6.50. The second-order valence-corrected chi connectivity index (χ2v) is 5.40. The largest absolute Gasteiger partial charge is 0.339 e. The lowest BCUT2D eigenvalue weighted by molar-refractivity contribution is 0.0938. The molecule has 1 amide bonds. The van der Waals surface area contributed by atoms with Crippen LogP contribution >= 0.6 is 11.3 Å². The van der Waals surface area contributed by atoms with E-state index in [0.717, 1.165) is 10.4 Å². The van der Waals surface area contributed by atoms with Crippen LogP contribution in [0, 0.1) is 0 Å². The van der Waals surface area contributed by atoms with E-state index >= 15 is 0 Å². The van der Waals surface area contributed by atoms with Crippen molar-refractivity contribution in [3.05, 3.63) is 82.6 Å². The van der Waals surface area contributed by atoms with E-state index in [4.69, 9.17) is 0 Å². The van der Waals surface area contributed by atoms with Crippen molar-refractivity contribution in [2.45, 2.75) is 6.04 Å². The highest BCUT2D eigenvalue weighted by Crippen LogP contribution is 2.26. The number of nitrogens with one attached hydrogen (secondary N) is 1. The number of nitrogens with zero attached hydrogens (tertiary/aromatic N) is 2. The molecule has 2 aromatic heterocycles. The molecule has 21 heavy (non-hydrogen) atoms. The van der Waals surface area contributed by atoms with Gasteiger partial charge in [-0.1, -0.05) is 36.4 Å². The molecule has 5 heteroatoms. The fourth-order valence-electron chi connectivity index (χ4n) is 2.04. The molecule has 0 aliphatic rings. The number of thiophene rings is 1. The van der Waals surface area contributed by atoms with Gasteiger partial charge in [0.2, 0.25) is 0 Å². The minimum atomic E-state index is -0.231. The van der Waals surface area contributed by atoms with E-state index in [2.05, 4.69) is 15.3 Å². The van der Waals surface area contributed by atoms with Crippen LogP contribution in [0.15, 0.2) is 66.4 Å². The number of carbonyl (C=O) groups excluding carboxylic acids is 1. The van der Waals surface area contributed by atoms with Gasteiger partial charge in [-0.3, -0.25) is 9.78 Å². The predicted molar refractivity (Wildman–Crippen MR) is 82.1 cm³/mol. The summed E-state index contributed by atoms with van der Waals surface area (Å²) in [7, 11) is 0. The summed E-state index contributed by atoms with van der Waals surface area (Å²) in [5.41, 5.74) is 1.35. The quantitative estimate of drug-likeness (QED) is 0.805. The Kier molecular flexibility index (Phi) is 4.02. The summed E-state index contributed by atoms with van der Waals surface area (Å²) in [4.78, 5) is 21.4. The van der Waals surface area contributed by atoms with Crippen molar-refractivity contribution in [1.82, 2.24) is 15.3 Å². The Morgan fingerprint density at radius 1 is 1.10 bits per heavy atom. The van der Waals surface area contributed by atoms with Gasteiger partial charge in [-0.25, -0.2) is 4.98 Å². The summed E-state index contributed by atoms with van der Waals surface area (Å²) in [5, 5.41) is 5.02. The molecule has 0 saturated heterocycles. The van der Waals surface area contributed by atoms with Crippen molar-refractivity contribution < 1.29 is 4.79 Å². The Morgan fingerprint density at radius 2 is 1.95 bits per heavy atom. The number of rotatable bonds is 4. The molecule has 3 rings (SSSR count). The van der Waals surface area contributed by atoms with Crippen LogP contribution in [0.3, 0.4) is 0 Å². The molecule has 3 aromatic rings. The van der Waals surface area contributed by atoms with Crippen molar-refractivity contribution in [3.8, 4) is 0 Å². The smallest absolute Gasteiger partial charge is 0.272 e. The van der Waals surface area contributed by atoms with Gasteiger partial charge < -0.3 is 5.32 Å². The molecule has 0 aliphatic carbocycles. The Labute approximate surface area is 126 Å². The number of aromatic nitrogens is 2. The third-order valence-corrected chi connectivity index (χ3v) is 3.97. The van der Waals surface area contributed by atoms with E-state index in [1.807, 2.05) is 47.8 Å². The van der Waals surface area contributed by atoms with Crippen LogP contribution in [-0.4, -0.2) is 15.9 Å². The van der Waals surface area contributed by atoms with E-state index in [1.165, 1.54) is 12.4 Å². The highest BCUT2D eigenvalue weighted by Gasteiger charge is 2.19. The molecule has 1 aromatic carbocycles. The number of carbonyl (C=O) groups is 1. The van der Waals surface area contributed by atoms with Gasteiger partial charge in [0.25, 0.3) is 5.91 Å². The van der Waals surface area contributed by atoms with E-state index in [0.29, 0.717) is 5.69 Å². The summed E-state index contributed by atoms with van der Waals surface area (Å²) in [6.45, 7) is 0. The Hall–Kier alpha value is -2.53. The molecule has 0 bridgehead atoms. The molecule has 104 valence electrons. The average Bonchev–Trinajstić information content (AvgIpc) is 3.08. The summed E-state index contributed by atoms with van der Waals surface area (Å²) in [5.74, 6) is -0.231. The van der Waals surface area contributed by atoms with E-state index in [9.17, 15) is 4.79 Å². The standard InChI is InChI=1S/C16H13N3OS/c20-16(13-11-17-8-9-18-13)19-15(14-7-4-10-21-14)12-5-2-1-3-6-12/h1-11,15H,(H,19,20)/t15-/m0/s1. The van der Waals surface area contributed by atoms with Gasteiger partial charge in [0.15, 0.2) is 0 Å². The Bertz CT molecular complexity index is 699. The lowest BCUT2D eigenvalue weighted by Gasteiger charge is -2.17. The molecule has 0 spiro atoms. The van der Waals surface area contributed by atoms with Gasteiger partial charge in [-0.2, -0.15) is 0 Å². The maximum atomic E-state index is 12.3. The van der Waals surface area contributed by atoms with Crippen LogP contribution in [0.5, 0.6) is 0 Å². The SMILES string of the molecule is O=C(N[C@@H](c1ccccc1)c1cccs1)c1cnccn1. The molecule has 1 N–H and O–H groups in total. The van der Waals surface area contributed by atoms with Gasteiger partial charge in [-0.15, -0.1) is 11.3 Å². The van der Waals surface area contributed by atoms with E-state index in [-0.39, 0.29) is 11.9 Å². The molecule has 0 aliphatic heterocycles. The van der Waals surface area contributed by atoms with Gasteiger partial charge in [-0.05, 0) is 17.0 Å². The third kappa shape index (κ3) is 3.14. The zero-order chi connectivity index (χ0) is 14.5. The monoisotopic (exact) mass is 295 g/mol. The minimum Gasteiger partial charge on any atom is -0.339 e. The Balaban J connectivity index is 1.89. The van der Waals surface area contributed by atoms with Crippen molar-refractivity contribution in [2.75, 3.05) is 0 Å². The van der Waals surface area contributed by atoms with Crippen molar-refractivity contribution in [1.29, 1.82) is 0 Å². The molecular formula is C16H13N3OS. The highest BCUT2D eigenvalue weighted by atomic mass is 32.1. The molecular weight excluding hydrogens is 282 g/mol. The number of hydrogen-bond acceptors (Lipinski definition) is 4. The van der Waals surface area contributed by atoms with Crippen molar-refractivity contribution in [2.24, 2.45) is 0 Å². The second kappa shape index (κ2) is 6.28. The maximum Gasteiger partial charge on any atom is 0.272 e. The summed E-state index contributed by atoms with van der Waals surface area (Å²) in [6, 6.07) is 13.7. The van der Waals surface area contributed by atoms with Crippen LogP contribution in [0.4, 0.5) is 0 Å². The van der Waals surface area contributed by atoms with Gasteiger partial charge >= 0.3 is 0 Å². The normalized spacial score (nSPS) is 11.8. The third-order valence-electron chi connectivity index (χ3n) is 3.03. The van der Waals surface area contributed by atoms with Crippen LogP contribution in [0.1, 0.15) is 27.0 Å². The fraction of sp³-hybridized carbons (Fsp3) is 0.0625. The molecule has 4 nitrogen and oxygen atoms in total. The molecule has 0 fully saturated rings. The van der Waals surface area contributed by atoms with Crippen LogP contribution in [-0.2, 0) is 0 Å². The lowest BCUT2D eigenvalue weighted by atomic mass is 10.1. The van der Waals surface area contributed by atoms with Crippen molar-refractivity contribution >= 4 is 17.2 Å². The minimum absolute atomic E-state index is 0.180. The molecule has 1 atom stereocenters. The molecule has 0 saturated carbocycles. The zero-order valence-electron chi connectivity index (χ0n) is 11.1. The molecule has 0 radical (unpaired) electrons. The fourth-order valence-corrected chi connectivity index (χ4v) is 2.84. The second-order valence-electron chi connectivity index (χ2n) is 4.42. The first kappa shape index (κ1) is 13.5. The summed E-state index contributed by atoms with van der Waals surface area (Å²) in [6.07, 6.45) is 4.52. The summed E-state index contributed by atoms with van der Waals surface area (Å²) >= 11 is 1.61. The Morgan fingerprint density at radius 3 is 2.62 bits per heavy atom. The van der Waals surface area contributed by atoms with E-state index in [1.54, 1.807) is 17.5 Å². The van der Waals surface area contributed by atoms with E-state index < -0.39 is 0 Å².